The Morgan fingerprint density at radius 3 is 2.30 bits per heavy atom. The molecule has 3 N–H and O–H groups in total. The Morgan fingerprint density at radius 2 is 1.60 bits per heavy atom. The number of ether oxygens (including phenoxy) is 2. The van der Waals surface area contributed by atoms with Gasteiger partial charge in [0.15, 0.2) is 0 Å². The number of phenolic OH excluding ortho intramolecular Hbond substituents is 1. The Morgan fingerprint density at radius 1 is 0.868 bits per heavy atom. The molecule has 0 spiro atoms. The number of imide groups is 2. The second-order valence-corrected chi connectivity index (χ2v) is 14.5. The molecule has 53 heavy (non-hydrogen) atoms. The van der Waals surface area contributed by atoms with Gasteiger partial charge in [-0.2, -0.15) is 10.1 Å². The van der Waals surface area contributed by atoms with E-state index in [0.29, 0.717) is 33.2 Å². The van der Waals surface area contributed by atoms with E-state index >= 15 is 4.79 Å². The van der Waals surface area contributed by atoms with Gasteiger partial charge in [-0.15, -0.1) is 0 Å². The number of rotatable bonds is 8. The first-order valence-corrected chi connectivity index (χ1v) is 17.8. The van der Waals surface area contributed by atoms with E-state index in [4.69, 9.17) is 32.7 Å². The summed E-state index contributed by atoms with van der Waals surface area (Å²) in [4.78, 5) is 56.7. The number of phenols is 1. The van der Waals surface area contributed by atoms with Crippen molar-refractivity contribution in [2.24, 2.45) is 23.7 Å². The molecule has 6 unspecified atom stereocenters. The zero-order chi connectivity index (χ0) is 37.2. The number of hydrazine groups is 1. The molecular weight excluding hydrogens is 721 g/mol. The van der Waals surface area contributed by atoms with Crippen LogP contribution in [0.2, 0.25) is 10.0 Å². The van der Waals surface area contributed by atoms with Gasteiger partial charge in [0.05, 0.1) is 41.0 Å². The highest BCUT2D eigenvalue weighted by molar-refractivity contribution is 6.36. The molecule has 8 rings (SSSR count). The fourth-order valence-corrected chi connectivity index (χ4v) is 9.22. The number of halogens is 2. The highest BCUT2D eigenvalue weighted by atomic mass is 35.5. The van der Waals surface area contributed by atoms with Crippen molar-refractivity contribution in [1.29, 1.82) is 0 Å². The number of aromatic hydroxyl groups is 1. The van der Waals surface area contributed by atoms with Crippen LogP contribution in [-0.2, 0) is 31.2 Å². The predicted molar refractivity (Wildman–Crippen MR) is 193 cm³/mol. The van der Waals surface area contributed by atoms with Crippen molar-refractivity contribution >= 4 is 52.5 Å². The number of methoxy groups -OCH3 is 1. The number of hydrogen-bond donors (Lipinski definition) is 3. The summed E-state index contributed by atoms with van der Waals surface area (Å²) < 4.78 is 11.5. The molecule has 4 aliphatic rings. The summed E-state index contributed by atoms with van der Waals surface area (Å²) in [6.07, 6.45) is 1.94. The largest absolute Gasteiger partial charge is 0.508 e. The Labute approximate surface area is 314 Å². The summed E-state index contributed by atoms with van der Waals surface area (Å²) in [7, 11) is 1.52. The average molecular weight is 755 g/mol. The van der Waals surface area contributed by atoms with E-state index in [1.54, 1.807) is 48.5 Å². The van der Waals surface area contributed by atoms with Crippen LogP contribution >= 0.6 is 23.2 Å². The van der Waals surface area contributed by atoms with Crippen LogP contribution in [0.25, 0.3) is 0 Å². The van der Waals surface area contributed by atoms with Gasteiger partial charge in [-0.05, 0) is 66.3 Å². The summed E-state index contributed by atoms with van der Waals surface area (Å²) in [6, 6.07) is 25.8. The van der Waals surface area contributed by atoms with E-state index in [1.807, 2.05) is 36.4 Å². The second kappa shape index (κ2) is 13.2. The summed E-state index contributed by atoms with van der Waals surface area (Å²) in [5.41, 5.74) is 3.84. The molecule has 270 valence electrons. The first-order chi connectivity index (χ1) is 25.5. The standard InChI is InChI=1S/C40H33Cl2N3O8/c1-52-24-10-7-22(8-11-24)40-30(37(48)44(39(40)50)43-32-16-9-23(41)17-31(32)42)19-29-26(14-15-28-34(29)38(49)45(51)36(28)47)35(40)27-13-12-25(18-33(27)46)53-20-21-5-3-2-4-6-21/h2-14,16-18,28-30,34-35,43,46,51H,15,19-20H2,1H3. The summed E-state index contributed by atoms with van der Waals surface area (Å²) in [5, 5.41) is 24.0. The van der Waals surface area contributed by atoms with E-state index in [1.165, 1.54) is 19.2 Å². The Kier molecular flexibility index (Phi) is 8.68. The van der Waals surface area contributed by atoms with Crippen molar-refractivity contribution in [1.82, 2.24) is 10.1 Å². The van der Waals surface area contributed by atoms with Gasteiger partial charge in [0.2, 0.25) is 0 Å². The Hall–Kier alpha value is -5.36. The van der Waals surface area contributed by atoms with Crippen molar-refractivity contribution in [3.05, 3.63) is 129 Å². The molecule has 0 aromatic heterocycles. The molecule has 4 amide bonds. The minimum atomic E-state index is -1.67. The summed E-state index contributed by atoms with van der Waals surface area (Å²) >= 11 is 12.7. The highest BCUT2D eigenvalue weighted by Gasteiger charge is 2.70. The number of hydroxylamine groups is 2. The molecular formula is C40H33Cl2N3O8. The predicted octanol–water partition coefficient (Wildman–Crippen LogP) is 6.66. The molecule has 0 bridgehead atoms. The third kappa shape index (κ3) is 5.45. The number of fused-ring (bicyclic) bond motifs is 4. The minimum absolute atomic E-state index is 0.00146. The maximum atomic E-state index is 15.3. The van der Waals surface area contributed by atoms with Crippen LogP contribution in [-0.4, -0.2) is 51.1 Å². The second-order valence-electron chi connectivity index (χ2n) is 13.7. The van der Waals surface area contributed by atoms with Crippen LogP contribution in [0.3, 0.4) is 0 Å². The van der Waals surface area contributed by atoms with Gasteiger partial charge < -0.3 is 14.6 Å². The van der Waals surface area contributed by atoms with Gasteiger partial charge in [-0.25, -0.2) is 0 Å². The first-order valence-electron chi connectivity index (χ1n) is 17.1. The molecule has 4 aromatic rings. The first kappa shape index (κ1) is 34.7. The van der Waals surface area contributed by atoms with Crippen molar-refractivity contribution < 1.29 is 39.0 Å². The van der Waals surface area contributed by atoms with Crippen molar-refractivity contribution in [2.45, 2.75) is 30.8 Å². The molecule has 0 radical (unpaired) electrons. The van der Waals surface area contributed by atoms with Crippen LogP contribution in [0.5, 0.6) is 17.2 Å². The van der Waals surface area contributed by atoms with Crippen LogP contribution < -0.4 is 14.9 Å². The molecule has 2 saturated heterocycles. The van der Waals surface area contributed by atoms with E-state index in [2.05, 4.69) is 5.43 Å². The molecule has 2 heterocycles. The van der Waals surface area contributed by atoms with Gasteiger partial charge in [-0.1, -0.05) is 83.4 Å². The summed E-state index contributed by atoms with van der Waals surface area (Å²) in [6.45, 7) is 0.242. The zero-order valence-electron chi connectivity index (χ0n) is 28.2. The number of benzene rings is 4. The van der Waals surface area contributed by atoms with Crippen LogP contribution in [0.1, 0.15) is 35.4 Å². The number of carbonyl (C=O) groups excluding carboxylic acids is 4. The van der Waals surface area contributed by atoms with Gasteiger partial charge >= 0.3 is 0 Å². The summed E-state index contributed by atoms with van der Waals surface area (Å²) in [5.74, 6) is -6.64. The molecule has 3 fully saturated rings. The number of hydrogen-bond acceptors (Lipinski definition) is 9. The van der Waals surface area contributed by atoms with Crippen LogP contribution in [0, 0.1) is 23.7 Å². The highest BCUT2D eigenvalue weighted by Crippen LogP contribution is 2.65. The average Bonchev–Trinajstić information content (AvgIpc) is 3.52. The maximum Gasteiger partial charge on any atom is 0.260 e. The lowest BCUT2D eigenvalue weighted by molar-refractivity contribution is -0.173. The van der Waals surface area contributed by atoms with Gasteiger partial charge in [-0.3, -0.25) is 29.8 Å². The van der Waals surface area contributed by atoms with Crippen LogP contribution in [0.15, 0.2) is 103 Å². The molecule has 6 atom stereocenters. The van der Waals surface area contributed by atoms with Crippen molar-refractivity contribution in [2.75, 3.05) is 12.5 Å². The van der Waals surface area contributed by atoms with E-state index in [9.17, 15) is 24.7 Å². The normalized spacial score (nSPS) is 26.2. The van der Waals surface area contributed by atoms with E-state index in [-0.39, 0.29) is 41.0 Å². The van der Waals surface area contributed by atoms with E-state index < -0.39 is 58.6 Å². The molecule has 4 aromatic carbocycles. The van der Waals surface area contributed by atoms with Crippen LogP contribution in [0.4, 0.5) is 5.69 Å². The molecule has 11 nitrogen and oxygen atoms in total. The monoisotopic (exact) mass is 753 g/mol. The Bertz CT molecular complexity index is 2200. The maximum absolute atomic E-state index is 15.3. The minimum Gasteiger partial charge on any atom is -0.508 e. The third-order valence-electron chi connectivity index (χ3n) is 11.1. The van der Waals surface area contributed by atoms with E-state index in [0.717, 1.165) is 10.6 Å². The fraction of sp³-hybridized carbons (Fsp3) is 0.250. The quantitative estimate of drug-likeness (QED) is 0.102. The fourth-order valence-electron chi connectivity index (χ4n) is 8.77. The van der Waals surface area contributed by atoms with Gasteiger partial charge in [0.25, 0.3) is 23.6 Å². The molecule has 13 heteroatoms. The number of nitrogens with one attached hydrogen (secondary N) is 1. The zero-order valence-corrected chi connectivity index (χ0v) is 29.8. The molecule has 2 aliphatic heterocycles. The Balaban J connectivity index is 1.31. The number of allylic oxidation sites excluding steroid dienone is 2. The molecule has 2 aliphatic carbocycles. The number of anilines is 1. The lowest BCUT2D eigenvalue weighted by atomic mass is 9.49. The smallest absolute Gasteiger partial charge is 0.260 e. The van der Waals surface area contributed by atoms with Crippen molar-refractivity contribution in [3.8, 4) is 17.2 Å². The van der Waals surface area contributed by atoms with Crippen molar-refractivity contribution in [3.63, 3.8) is 0 Å². The number of nitrogens with zero attached hydrogens (tertiary/aromatic N) is 2. The topological polar surface area (TPSA) is 146 Å². The lowest BCUT2D eigenvalue weighted by Gasteiger charge is -2.50. The number of amides is 4. The molecule has 1 saturated carbocycles. The van der Waals surface area contributed by atoms with Gasteiger partial charge in [0.1, 0.15) is 23.9 Å². The SMILES string of the molecule is COc1ccc(C23C(=O)N(Nc4ccc(Cl)cc4Cl)C(=O)C2CC2C(=CCC4C(=O)N(O)C(=O)C42)C3c2ccc(OCc3ccccc3)cc2O)cc1. The third-order valence-corrected chi connectivity index (χ3v) is 11.7. The lowest BCUT2D eigenvalue weighted by Crippen LogP contribution is -2.53. The van der Waals surface area contributed by atoms with Gasteiger partial charge in [0, 0.05) is 22.6 Å². The number of carbonyl (C=O) groups is 4.